The second kappa shape index (κ2) is 9.35. The number of rotatable bonds is 4. The van der Waals surface area contributed by atoms with Crippen molar-refractivity contribution in [1.29, 1.82) is 0 Å². The molecule has 3 heterocycles. The molecule has 12 heteroatoms. The van der Waals surface area contributed by atoms with Crippen molar-refractivity contribution in [2.45, 2.75) is 76.7 Å². The van der Waals surface area contributed by atoms with Crippen LogP contribution in [0.1, 0.15) is 59.4 Å². The van der Waals surface area contributed by atoms with E-state index in [0.717, 1.165) is 16.8 Å². The zero-order valence-corrected chi connectivity index (χ0v) is 21.7. The SMILES string of the molecule is CC1(C)OB(c2cccc(-n3c(=O)n(C4CCC(NC(=O)O)CC4)c(=O)c4cc(F)cnc43)c2)OC1(C)C. The maximum Gasteiger partial charge on any atom is 0.494 e. The number of fused-ring (bicyclic) bond motifs is 1. The van der Waals surface area contributed by atoms with Crippen molar-refractivity contribution < 1.29 is 23.6 Å². The zero-order chi connectivity index (χ0) is 27.4. The average molecular weight is 524 g/mol. The second-order valence-electron chi connectivity index (χ2n) is 11.0. The van der Waals surface area contributed by atoms with Crippen LogP contribution in [0.4, 0.5) is 9.18 Å². The zero-order valence-electron chi connectivity index (χ0n) is 21.7. The van der Waals surface area contributed by atoms with E-state index in [9.17, 15) is 18.8 Å². The number of carbonyl (C=O) groups is 1. The van der Waals surface area contributed by atoms with E-state index in [1.807, 2.05) is 33.8 Å². The highest BCUT2D eigenvalue weighted by Crippen LogP contribution is 2.36. The molecule has 0 radical (unpaired) electrons. The second-order valence-corrected chi connectivity index (χ2v) is 11.0. The van der Waals surface area contributed by atoms with E-state index in [1.165, 1.54) is 4.57 Å². The first-order valence-corrected chi connectivity index (χ1v) is 12.7. The molecule has 0 spiro atoms. The van der Waals surface area contributed by atoms with Crippen LogP contribution in [0.3, 0.4) is 0 Å². The third-order valence-corrected chi connectivity index (χ3v) is 7.93. The fourth-order valence-electron chi connectivity index (χ4n) is 5.18. The molecule has 1 saturated carbocycles. The van der Waals surface area contributed by atoms with Gasteiger partial charge >= 0.3 is 18.9 Å². The van der Waals surface area contributed by atoms with Crippen LogP contribution in [0.2, 0.25) is 0 Å². The summed E-state index contributed by atoms with van der Waals surface area (Å²) >= 11 is 0. The monoisotopic (exact) mass is 524 g/mol. The maximum atomic E-state index is 14.2. The smallest absolute Gasteiger partial charge is 0.465 e. The molecule has 2 N–H and O–H groups in total. The largest absolute Gasteiger partial charge is 0.494 e. The van der Waals surface area contributed by atoms with Crippen LogP contribution in [0.15, 0.2) is 46.1 Å². The van der Waals surface area contributed by atoms with Crippen LogP contribution in [0, 0.1) is 5.82 Å². The van der Waals surface area contributed by atoms with E-state index < -0.39 is 47.5 Å². The topological polar surface area (TPSA) is 125 Å². The summed E-state index contributed by atoms with van der Waals surface area (Å²) in [4.78, 5) is 42.5. The summed E-state index contributed by atoms with van der Waals surface area (Å²) in [6.07, 6.45) is 1.65. The van der Waals surface area contributed by atoms with Crippen LogP contribution in [-0.2, 0) is 9.31 Å². The number of nitrogens with zero attached hydrogens (tertiary/aromatic N) is 3. The number of amides is 1. The highest BCUT2D eigenvalue weighted by molar-refractivity contribution is 6.62. The van der Waals surface area contributed by atoms with Crippen LogP contribution >= 0.6 is 0 Å². The van der Waals surface area contributed by atoms with Crippen molar-refractivity contribution >= 4 is 29.7 Å². The highest BCUT2D eigenvalue weighted by atomic mass is 19.1. The molecule has 0 bridgehead atoms. The van der Waals surface area contributed by atoms with Crippen molar-refractivity contribution in [3.8, 4) is 5.69 Å². The minimum absolute atomic E-state index is 0.0172. The quantitative estimate of drug-likeness (QED) is 0.503. The van der Waals surface area contributed by atoms with Crippen LogP contribution in [0.5, 0.6) is 0 Å². The number of aromatic nitrogens is 3. The van der Waals surface area contributed by atoms with E-state index >= 15 is 0 Å². The van der Waals surface area contributed by atoms with Crippen molar-refractivity contribution in [3.05, 3.63) is 63.2 Å². The predicted molar refractivity (Wildman–Crippen MR) is 140 cm³/mol. The van der Waals surface area contributed by atoms with Gasteiger partial charge in [-0.05, 0) is 77.0 Å². The molecule has 2 aliphatic rings. The van der Waals surface area contributed by atoms with Gasteiger partial charge in [0, 0.05) is 12.1 Å². The molecule has 1 saturated heterocycles. The van der Waals surface area contributed by atoms with E-state index in [-0.39, 0.29) is 17.1 Å². The lowest BCUT2D eigenvalue weighted by atomic mass is 9.79. The standard InChI is InChI=1S/C26H30BFN4O6/c1-25(2)26(3,4)38-27(37-25)15-6-5-7-19(12-15)31-21-20(13-16(28)14-29-21)22(33)32(24(31)36)18-10-8-17(9-11-18)30-23(34)35/h5-7,12-14,17-18,30H,8-11H2,1-4H3,(H,34,35). The lowest BCUT2D eigenvalue weighted by molar-refractivity contribution is 0.00578. The predicted octanol–water partition coefficient (Wildman–Crippen LogP) is 2.74. The van der Waals surface area contributed by atoms with Gasteiger partial charge in [0.1, 0.15) is 5.82 Å². The molecule has 1 aromatic carbocycles. The van der Waals surface area contributed by atoms with Gasteiger partial charge in [-0.1, -0.05) is 12.1 Å². The molecule has 3 aromatic rings. The lowest BCUT2D eigenvalue weighted by Gasteiger charge is -2.32. The van der Waals surface area contributed by atoms with Crippen molar-refractivity contribution in [2.24, 2.45) is 0 Å². The molecule has 38 heavy (non-hydrogen) atoms. The van der Waals surface area contributed by atoms with Gasteiger partial charge in [-0.15, -0.1) is 0 Å². The van der Waals surface area contributed by atoms with Gasteiger partial charge in [0.05, 0.1) is 28.5 Å². The Balaban J connectivity index is 1.61. The molecule has 5 rings (SSSR count). The van der Waals surface area contributed by atoms with Gasteiger partial charge in [0.2, 0.25) is 0 Å². The normalized spacial score (nSPS) is 22.5. The summed E-state index contributed by atoms with van der Waals surface area (Å²) < 4.78 is 29.0. The maximum absolute atomic E-state index is 14.2. The van der Waals surface area contributed by atoms with Crippen LogP contribution in [-0.4, -0.2) is 49.7 Å². The molecule has 0 atom stereocenters. The molecule has 0 unspecified atom stereocenters. The number of carboxylic acid groups (broad SMARTS) is 1. The minimum atomic E-state index is -1.11. The molecule has 2 fully saturated rings. The van der Waals surface area contributed by atoms with Gasteiger partial charge in [-0.25, -0.2) is 23.5 Å². The van der Waals surface area contributed by atoms with E-state index in [0.29, 0.717) is 36.8 Å². The van der Waals surface area contributed by atoms with Crippen molar-refractivity contribution in [2.75, 3.05) is 0 Å². The summed E-state index contributed by atoms with van der Waals surface area (Å²) in [6, 6.07) is 7.42. The van der Waals surface area contributed by atoms with Gasteiger partial charge in [-0.3, -0.25) is 9.36 Å². The Labute approximate surface area is 218 Å². The minimum Gasteiger partial charge on any atom is -0.465 e. The number of hydrogen-bond donors (Lipinski definition) is 2. The Morgan fingerprint density at radius 2 is 1.76 bits per heavy atom. The van der Waals surface area contributed by atoms with Crippen molar-refractivity contribution in [1.82, 2.24) is 19.4 Å². The number of halogens is 1. The molecule has 10 nitrogen and oxygen atoms in total. The lowest BCUT2D eigenvalue weighted by Crippen LogP contribution is -2.45. The fraction of sp³-hybridized carbons (Fsp3) is 0.462. The molecule has 1 aliphatic heterocycles. The Morgan fingerprint density at radius 1 is 1.11 bits per heavy atom. The summed E-state index contributed by atoms with van der Waals surface area (Å²) in [7, 11) is -0.671. The van der Waals surface area contributed by atoms with Gasteiger partial charge in [0.15, 0.2) is 5.65 Å². The first kappa shape index (κ1) is 26.1. The Kier molecular flexibility index (Phi) is 6.43. The molecular formula is C26H30BFN4O6. The number of benzene rings is 1. The van der Waals surface area contributed by atoms with E-state index in [4.69, 9.17) is 14.4 Å². The Hall–Kier alpha value is -3.51. The van der Waals surface area contributed by atoms with Crippen LogP contribution < -0.4 is 22.0 Å². The number of nitrogens with one attached hydrogen (secondary N) is 1. The van der Waals surface area contributed by atoms with Gasteiger partial charge in [-0.2, -0.15) is 0 Å². The average Bonchev–Trinajstić information content (AvgIpc) is 3.07. The summed E-state index contributed by atoms with van der Waals surface area (Å²) in [6.45, 7) is 7.79. The summed E-state index contributed by atoms with van der Waals surface area (Å²) in [5, 5.41) is 11.5. The first-order valence-electron chi connectivity index (χ1n) is 12.7. The molecular weight excluding hydrogens is 494 g/mol. The fourth-order valence-corrected chi connectivity index (χ4v) is 5.18. The summed E-state index contributed by atoms with van der Waals surface area (Å²) in [5.74, 6) is -0.688. The Morgan fingerprint density at radius 3 is 2.39 bits per heavy atom. The molecule has 2 aromatic heterocycles. The van der Waals surface area contributed by atoms with E-state index in [1.54, 1.807) is 18.2 Å². The van der Waals surface area contributed by atoms with Gasteiger partial charge < -0.3 is 19.7 Å². The number of pyridine rings is 1. The van der Waals surface area contributed by atoms with E-state index in [2.05, 4.69) is 10.3 Å². The molecule has 1 aliphatic carbocycles. The third-order valence-electron chi connectivity index (χ3n) is 7.93. The number of hydrogen-bond acceptors (Lipinski definition) is 6. The Bertz CT molecular complexity index is 1510. The third kappa shape index (κ3) is 4.51. The first-order chi connectivity index (χ1) is 17.9. The van der Waals surface area contributed by atoms with Crippen molar-refractivity contribution in [3.63, 3.8) is 0 Å². The highest BCUT2D eigenvalue weighted by Gasteiger charge is 2.51. The van der Waals surface area contributed by atoms with Crippen LogP contribution in [0.25, 0.3) is 16.7 Å². The van der Waals surface area contributed by atoms with Gasteiger partial charge in [0.25, 0.3) is 5.56 Å². The summed E-state index contributed by atoms with van der Waals surface area (Å²) in [5.41, 5.74) is -1.17. The molecule has 1 amide bonds. The molecule has 200 valence electrons.